The molecule has 17 heavy (non-hydrogen) atoms. The number of rotatable bonds is 5. The first-order valence-corrected chi connectivity index (χ1v) is 6.90. The Kier molecular flexibility index (Phi) is 4.54. The van der Waals surface area contributed by atoms with Gasteiger partial charge >= 0.3 is 0 Å². The molecule has 4 heteroatoms. The number of nitrogens with one attached hydrogen (secondary N) is 1. The molecule has 1 saturated carbocycles. The lowest BCUT2D eigenvalue weighted by atomic mass is 9.87. The third-order valence-corrected chi connectivity index (χ3v) is 3.69. The normalized spacial score (nSPS) is 25.1. The number of nitrogens with zero attached hydrogens (tertiary/aromatic N) is 3. The van der Waals surface area contributed by atoms with E-state index in [-0.39, 0.29) is 0 Å². The molecule has 0 unspecified atom stereocenters. The molecule has 0 atom stereocenters. The molecule has 0 spiro atoms. The van der Waals surface area contributed by atoms with Crippen LogP contribution in [0.2, 0.25) is 0 Å². The lowest BCUT2D eigenvalue weighted by Gasteiger charge is -2.27. The number of hydrogen-bond donors (Lipinski definition) is 1. The maximum atomic E-state index is 4.41. The van der Waals surface area contributed by atoms with Gasteiger partial charge in [-0.25, -0.2) is 9.67 Å². The summed E-state index contributed by atoms with van der Waals surface area (Å²) >= 11 is 0. The maximum absolute atomic E-state index is 4.41. The van der Waals surface area contributed by atoms with Gasteiger partial charge in [-0.2, -0.15) is 5.10 Å². The van der Waals surface area contributed by atoms with Crippen molar-refractivity contribution in [3.8, 4) is 0 Å². The molecular formula is C13H24N4. The average Bonchev–Trinajstić information content (AvgIpc) is 2.79. The highest BCUT2D eigenvalue weighted by Crippen LogP contribution is 2.31. The zero-order valence-electron chi connectivity index (χ0n) is 11.0. The van der Waals surface area contributed by atoms with Crippen LogP contribution in [0.15, 0.2) is 6.33 Å². The smallest absolute Gasteiger partial charge is 0.141 e. The minimum atomic E-state index is 0.576. The first-order valence-electron chi connectivity index (χ1n) is 6.90. The van der Waals surface area contributed by atoms with Crippen molar-refractivity contribution in [1.82, 2.24) is 20.1 Å². The molecule has 1 N–H and O–H groups in total. The predicted octanol–water partition coefficient (Wildman–Crippen LogP) is 2.53. The summed E-state index contributed by atoms with van der Waals surface area (Å²) in [6.45, 7) is 6.43. The molecule has 0 saturated heterocycles. The van der Waals surface area contributed by atoms with Crippen LogP contribution in [0, 0.1) is 5.92 Å². The molecule has 1 aliphatic rings. The van der Waals surface area contributed by atoms with E-state index in [0.717, 1.165) is 31.3 Å². The summed E-state index contributed by atoms with van der Waals surface area (Å²) in [4.78, 5) is 4.37. The minimum Gasteiger partial charge on any atom is -0.310 e. The number of aromatic nitrogens is 3. The van der Waals surface area contributed by atoms with Crippen molar-refractivity contribution >= 4 is 0 Å². The fourth-order valence-electron chi connectivity index (χ4n) is 2.57. The topological polar surface area (TPSA) is 42.7 Å². The second-order valence-corrected chi connectivity index (χ2v) is 5.21. The van der Waals surface area contributed by atoms with E-state index in [9.17, 15) is 0 Å². The number of hydrogen-bond acceptors (Lipinski definition) is 3. The Bertz CT molecular complexity index is 326. The molecule has 96 valence electrons. The van der Waals surface area contributed by atoms with Crippen LogP contribution in [-0.4, -0.2) is 21.3 Å². The van der Waals surface area contributed by atoms with Crippen LogP contribution in [-0.2, 0) is 6.54 Å². The van der Waals surface area contributed by atoms with Crippen LogP contribution in [0.4, 0.5) is 0 Å². The fraction of sp³-hybridized carbons (Fsp3) is 0.846. The van der Waals surface area contributed by atoms with Crippen molar-refractivity contribution in [3.05, 3.63) is 12.2 Å². The highest BCUT2D eigenvalue weighted by atomic mass is 15.4. The van der Waals surface area contributed by atoms with E-state index in [0.29, 0.717) is 6.04 Å². The van der Waals surface area contributed by atoms with Gasteiger partial charge in [0.1, 0.15) is 12.2 Å². The highest BCUT2D eigenvalue weighted by molar-refractivity contribution is 4.89. The van der Waals surface area contributed by atoms with Gasteiger partial charge in [0.2, 0.25) is 0 Å². The standard InChI is InChI=1S/C13H24N4/c1-3-8-14-9-13-15-10-16-17(13)12-6-4-11(2)5-7-12/h10-12,14H,3-9H2,1-2H3. The summed E-state index contributed by atoms with van der Waals surface area (Å²) < 4.78 is 2.15. The third kappa shape index (κ3) is 3.28. The first-order chi connectivity index (χ1) is 8.31. The summed E-state index contributed by atoms with van der Waals surface area (Å²) in [7, 11) is 0. The van der Waals surface area contributed by atoms with Crippen molar-refractivity contribution in [2.45, 2.75) is 58.5 Å². The molecule has 1 fully saturated rings. The van der Waals surface area contributed by atoms with E-state index in [1.54, 1.807) is 6.33 Å². The zero-order valence-corrected chi connectivity index (χ0v) is 11.0. The van der Waals surface area contributed by atoms with Gasteiger partial charge in [0.15, 0.2) is 0 Å². The lowest BCUT2D eigenvalue weighted by Crippen LogP contribution is -2.23. The Morgan fingerprint density at radius 1 is 1.35 bits per heavy atom. The second-order valence-electron chi connectivity index (χ2n) is 5.21. The second kappa shape index (κ2) is 6.15. The van der Waals surface area contributed by atoms with Crippen LogP contribution in [0.25, 0.3) is 0 Å². The summed E-state index contributed by atoms with van der Waals surface area (Å²) in [5.74, 6) is 1.98. The quantitative estimate of drug-likeness (QED) is 0.799. The molecule has 1 aromatic heterocycles. The third-order valence-electron chi connectivity index (χ3n) is 3.69. The van der Waals surface area contributed by atoms with Gasteiger partial charge in [-0.15, -0.1) is 0 Å². The average molecular weight is 236 g/mol. The van der Waals surface area contributed by atoms with Gasteiger partial charge in [-0.05, 0) is 44.6 Å². The Morgan fingerprint density at radius 3 is 2.82 bits per heavy atom. The molecule has 0 bridgehead atoms. The van der Waals surface area contributed by atoms with Gasteiger partial charge < -0.3 is 5.32 Å². The SMILES string of the molecule is CCCNCc1ncnn1C1CCC(C)CC1. The Hall–Kier alpha value is -0.900. The minimum absolute atomic E-state index is 0.576. The molecule has 0 aliphatic heterocycles. The van der Waals surface area contributed by atoms with Crippen LogP contribution < -0.4 is 5.32 Å². The molecule has 1 aromatic rings. The van der Waals surface area contributed by atoms with Crippen LogP contribution in [0.1, 0.15) is 57.8 Å². The maximum Gasteiger partial charge on any atom is 0.141 e. The molecule has 0 aromatic carbocycles. The van der Waals surface area contributed by atoms with Crippen LogP contribution in [0.3, 0.4) is 0 Å². The van der Waals surface area contributed by atoms with Gasteiger partial charge in [-0.1, -0.05) is 13.8 Å². The van der Waals surface area contributed by atoms with Crippen molar-refractivity contribution in [2.24, 2.45) is 5.92 Å². The van der Waals surface area contributed by atoms with Gasteiger partial charge in [0.25, 0.3) is 0 Å². The van der Waals surface area contributed by atoms with Crippen molar-refractivity contribution in [3.63, 3.8) is 0 Å². The van der Waals surface area contributed by atoms with Crippen molar-refractivity contribution < 1.29 is 0 Å². The lowest BCUT2D eigenvalue weighted by molar-refractivity contribution is 0.267. The van der Waals surface area contributed by atoms with Crippen LogP contribution >= 0.6 is 0 Å². The molecule has 0 radical (unpaired) electrons. The van der Waals surface area contributed by atoms with E-state index >= 15 is 0 Å². The van der Waals surface area contributed by atoms with E-state index in [1.165, 1.54) is 25.7 Å². The van der Waals surface area contributed by atoms with Gasteiger partial charge in [-0.3, -0.25) is 0 Å². The van der Waals surface area contributed by atoms with Crippen LogP contribution in [0.5, 0.6) is 0 Å². The summed E-state index contributed by atoms with van der Waals surface area (Å²) in [6, 6.07) is 0.576. The zero-order chi connectivity index (χ0) is 12.1. The predicted molar refractivity (Wildman–Crippen MR) is 68.7 cm³/mol. The molecule has 0 amide bonds. The summed E-state index contributed by atoms with van der Waals surface area (Å²) in [5.41, 5.74) is 0. The Labute approximate surface area is 104 Å². The molecule has 1 heterocycles. The monoisotopic (exact) mass is 236 g/mol. The van der Waals surface area contributed by atoms with E-state index in [4.69, 9.17) is 0 Å². The first kappa shape index (κ1) is 12.6. The molecule has 4 nitrogen and oxygen atoms in total. The Balaban J connectivity index is 1.93. The van der Waals surface area contributed by atoms with E-state index in [1.807, 2.05) is 0 Å². The largest absolute Gasteiger partial charge is 0.310 e. The molecule has 1 aliphatic carbocycles. The highest BCUT2D eigenvalue weighted by Gasteiger charge is 2.22. The van der Waals surface area contributed by atoms with E-state index < -0.39 is 0 Å². The molecule has 2 rings (SSSR count). The van der Waals surface area contributed by atoms with Crippen molar-refractivity contribution in [1.29, 1.82) is 0 Å². The Morgan fingerprint density at radius 2 is 2.12 bits per heavy atom. The van der Waals surface area contributed by atoms with Crippen molar-refractivity contribution in [2.75, 3.05) is 6.54 Å². The molecular weight excluding hydrogens is 212 g/mol. The van der Waals surface area contributed by atoms with Gasteiger partial charge in [0, 0.05) is 0 Å². The van der Waals surface area contributed by atoms with E-state index in [2.05, 4.69) is 33.9 Å². The van der Waals surface area contributed by atoms with Gasteiger partial charge in [0.05, 0.1) is 12.6 Å². The fourth-order valence-corrected chi connectivity index (χ4v) is 2.57. The summed E-state index contributed by atoms with van der Waals surface area (Å²) in [5, 5.41) is 7.81. The summed E-state index contributed by atoms with van der Waals surface area (Å²) in [6.07, 6.45) is 8.02.